The fourth-order valence-corrected chi connectivity index (χ4v) is 3.59. The summed E-state index contributed by atoms with van der Waals surface area (Å²) in [5.41, 5.74) is 1.15. The summed E-state index contributed by atoms with van der Waals surface area (Å²) < 4.78 is 11.0. The number of benzene rings is 1. The first kappa shape index (κ1) is 12.1. The Bertz CT molecular complexity index is 420. The molecule has 0 fully saturated rings. The van der Waals surface area contributed by atoms with Crippen LogP contribution in [0.5, 0.6) is 0 Å². The molecule has 0 amide bonds. The third kappa shape index (κ3) is 3.34. The Hall–Kier alpha value is -0.320. The summed E-state index contributed by atoms with van der Waals surface area (Å²) in [5, 5.41) is 0. The smallest absolute Gasteiger partial charge is 0.324 e. The second-order valence-electron chi connectivity index (χ2n) is 3.81. The highest BCUT2D eigenvalue weighted by molar-refractivity contribution is 7.99. The van der Waals surface area contributed by atoms with Gasteiger partial charge in [-0.3, -0.25) is 9.46 Å². The zero-order chi connectivity index (χ0) is 11.6. The van der Waals surface area contributed by atoms with Crippen LogP contribution >= 0.6 is 19.4 Å². The first-order chi connectivity index (χ1) is 7.54. The van der Waals surface area contributed by atoms with Gasteiger partial charge in [0.2, 0.25) is 0 Å². The van der Waals surface area contributed by atoms with Gasteiger partial charge in [0, 0.05) is 23.7 Å². The summed E-state index contributed by atoms with van der Waals surface area (Å²) in [6.45, 7) is 1.33. The van der Waals surface area contributed by atoms with Gasteiger partial charge >= 0.3 is 7.60 Å². The maximum absolute atomic E-state index is 11.0. The standard InChI is InChI=1S/C10H14NO3PS/c12-15(13,14)8-11-5-6-16-10-4-2-1-3-9(10)7-11/h1-4H,5-8H2,(H2,12,13,14). The van der Waals surface area contributed by atoms with Gasteiger partial charge in [-0.05, 0) is 11.6 Å². The Labute approximate surface area is 98.8 Å². The predicted octanol–water partition coefficient (Wildman–Crippen LogP) is 1.73. The van der Waals surface area contributed by atoms with Gasteiger partial charge in [-0.15, -0.1) is 11.8 Å². The normalized spacial score (nSPS) is 17.9. The number of hydrogen-bond acceptors (Lipinski definition) is 3. The van der Waals surface area contributed by atoms with Crippen molar-refractivity contribution in [3.63, 3.8) is 0 Å². The zero-order valence-corrected chi connectivity index (χ0v) is 10.5. The molecule has 0 saturated carbocycles. The molecule has 2 N–H and O–H groups in total. The average Bonchev–Trinajstić information content (AvgIpc) is 2.36. The van der Waals surface area contributed by atoms with Crippen molar-refractivity contribution in [3.05, 3.63) is 29.8 Å². The van der Waals surface area contributed by atoms with Crippen molar-refractivity contribution in [3.8, 4) is 0 Å². The second kappa shape index (κ2) is 4.90. The molecule has 0 aromatic heterocycles. The maximum Gasteiger partial charge on any atom is 0.339 e. The molecule has 88 valence electrons. The highest BCUT2D eigenvalue weighted by Crippen LogP contribution is 2.37. The molecule has 1 aliphatic rings. The Balaban J connectivity index is 2.14. The van der Waals surface area contributed by atoms with Crippen LogP contribution in [-0.4, -0.2) is 33.3 Å². The van der Waals surface area contributed by atoms with Crippen molar-refractivity contribution in [2.45, 2.75) is 11.4 Å². The van der Waals surface area contributed by atoms with Crippen molar-refractivity contribution in [1.29, 1.82) is 0 Å². The van der Waals surface area contributed by atoms with Crippen LogP contribution in [0.25, 0.3) is 0 Å². The van der Waals surface area contributed by atoms with Gasteiger partial charge in [0.1, 0.15) is 6.29 Å². The molecule has 6 heteroatoms. The minimum atomic E-state index is -3.95. The Morgan fingerprint density at radius 3 is 2.88 bits per heavy atom. The second-order valence-corrected chi connectivity index (χ2v) is 6.56. The van der Waals surface area contributed by atoms with E-state index in [1.54, 1.807) is 11.8 Å². The molecule has 2 rings (SSSR count). The molecule has 1 aromatic rings. The highest BCUT2D eigenvalue weighted by atomic mass is 32.2. The Morgan fingerprint density at radius 1 is 1.38 bits per heavy atom. The van der Waals surface area contributed by atoms with Gasteiger partial charge in [-0.25, -0.2) is 0 Å². The zero-order valence-electron chi connectivity index (χ0n) is 8.74. The topological polar surface area (TPSA) is 60.8 Å². The monoisotopic (exact) mass is 259 g/mol. The molecule has 1 aliphatic heterocycles. The summed E-state index contributed by atoms with van der Waals surface area (Å²) >= 11 is 1.74. The van der Waals surface area contributed by atoms with Crippen molar-refractivity contribution >= 4 is 19.4 Å². The molecule has 0 aliphatic carbocycles. The summed E-state index contributed by atoms with van der Waals surface area (Å²) in [7, 11) is -3.95. The molecule has 1 aromatic carbocycles. The van der Waals surface area contributed by atoms with E-state index in [1.165, 1.54) is 4.90 Å². The molecule has 0 radical (unpaired) electrons. The van der Waals surface area contributed by atoms with Crippen LogP contribution < -0.4 is 0 Å². The third-order valence-corrected chi connectivity index (χ3v) is 4.28. The quantitative estimate of drug-likeness (QED) is 0.792. The van der Waals surface area contributed by atoms with E-state index in [-0.39, 0.29) is 6.29 Å². The third-order valence-electron chi connectivity index (χ3n) is 2.42. The molecule has 1 heterocycles. The minimum Gasteiger partial charge on any atom is -0.324 e. The van der Waals surface area contributed by atoms with Crippen LogP contribution in [0.1, 0.15) is 5.56 Å². The van der Waals surface area contributed by atoms with Gasteiger partial charge in [-0.1, -0.05) is 18.2 Å². The number of fused-ring (bicyclic) bond motifs is 1. The summed E-state index contributed by atoms with van der Waals surface area (Å²) in [6.07, 6.45) is -0.151. The van der Waals surface area contributed by atoms with Crippen LogP contribution in [0.15, 0.2) is 29.2 Å². The van der Waals surface area contributed by atoms with E-state index < -0.39 is 7.60 Å². The Morgan fingerprint density at radius 2 is 2.12 bits per heavy atom. The SMILES string of the molecule is O=P(O)(O)CN1CCSc2ccccc2C1. The number of hydrogen-bond donors (Lipinski definition) is 2. The lowest BCUT2D eigenvalue weighted by Crippen LogP contribution is -2.25. The van der Waals surface area contributed by atoms with Crippen molar-refractivity contribution in [2.75, 3.05) is 18.6 Å². The lowest BCUT2D eigenvalue weighted by molar-refractivity contribution is 0.282. The molecule has 0 spiro atoms. The number of rotatable bonds is 2. The molecule has 16 heavy (non-hydrogen) atoms. The molecule has 0 bridgehead atoms. The van der Waals surface area contributed by atoms with E-state index in [1.807, 2.05) is 23.1 Å². The number of nitrogens with zero attached hydrogens (tertiary/aromatic N) is 1. The lowest BCUT2D eigenvalue weighted by atomic mass is 10.2. The maximum atomic E-state index is 11.0. The molecular formula is C10H14NO3PS. The minimum absolute atomic E-state index is 0.151. The number of thioether (sulfide) groups is 1. The van der Waals surface area contributed by atoms with Gasteiger partial charge in [-0.2, -0.15) is 0 Å². The first-order valence-electron chi connectivity index (χ1n) is 5.02. The Kier molecular flexibility index (Phi) is 3.72. The molecule has 0 saturated heterocycles. The summed E-state index contributed by atoms with van der Waals surface area (Å²) in [4.78, 5) is 21.0. The fourth-order valence-electron chi connectivity index (χ4n) is 1.76. The van der Waals surface area contributed by atoms with E-state index >= 15 is 0 Å². The van der Waals surface area contributed by atoms with Gasteiger partial charge in [0.25, 0.3) is 0 Å². The molecular weight excluding hydrogens is 245 g/mol. The highest BCUT2D eigenvalue weighted by Gasteiger charge is 2.21. The van der Waals surface area contributed by atoms with Gasteiger partial charge < -0.3 is 9.79 Å². The van der Waals surface area contributed by atoms with E-state index in [2.05, 4.69) is 6.07 Å². The van der Waals surface area contributed by atoms with E-state index in [0.717, 1.165) is 11.3 Å². The average molecular weight is 259 g/mol. The van der Waals surface area contributed by atoms with Crippen molar-refractivity contribution in [2.24, 2.45) is 0 Å². The fraction of sp³-hybridized carbons (Fsp3) is 0.400. The molecule has 0 unspecified atom stereocenters. The molecule has 0 atom stereocenters. The van der Waals surface area contributed by atoms with Crippen molar-refractivity contribution in [1.82, 2.24) is 4.90 Å². The summed E-state index contributed by atoms with van der Waals surface area (Å²) in [6, 6.07) is 8.02. The predicted molar refractivity (Wildman–Crippen MR) is 64.5 cm³/mol. The van der Waals surface area contributed by atoms with Crippen molar-refractivity contribution < 1.29 is 14.4 Å². The van der Waals surface area contributed by atoms with Crippen LogP contribution in [0, 0.1) is 0 Å². The largest absolute Gasteiger partial charge is 0.339 e. The first-order valence-corrected chi connectivity index (χ1v) is 7.80. The van der Waals surface area contributed by atoms with Gasteiger partial charge in [0.05, 0.1) is 0 Å². The van der Waals surface area contributed by atoms with Gasteiger partial charge in [0.15, 0.2) is 0 Å². The lowest BCUT2D eigenvalue weighted by Gasteiger charge is -2.20. The van der Waals surface area contributed by atoms with Crippen LogP contribution in [-0.2, 0) is 11.1 Å². The molecule has 4 nitrogen and oxygen atoms in total. The van der Waals surface area contributed by atoms with E-state index in [4.69, 9.17) is 9.79 Å². The van der Waals surface area contributed by atoms with Crippen LogP contribution in [0.4, 0.5) is 0 Å². The van der Waals surface area contributed by atoms with E-state index in [0.29, 0.717) is 13.1 Å². The summed E-state index contributed by atoms with van der Waals surface area (Å²) in [5.74, 6) is 0.872. The van der Waals surface area contributed by atoms with E-state index in [9.17, 15) is 4.57 Å². The van der Waals surface area contributed by atoms with Crippen LogP contribution in [0.2, 0.25) is 0 Å². The van der Waals surface area contributed by atoms with Crippen LogP contribution in [0.3, 0.4) is 0 Å².